The summed E-state index contributed by atoms with van der Waals surface area (Å²) in [6.45, 7) is 1.84. The van der Waals surface area contributed by atoms with Crippen LogP contribution in [0.1, 0.15) is 30.1 Å². The molecule has 0 saturated heterocycles. The first-order chi connectivity index (χ1) is 9.54. The Morgan fingerprint density at radius 2 is 1.85 bits per heavy atom. The number of nitrogens with one attached hydrogen (secondary N) is 2. The molecule has 0 saturated carbocycles. The van der Waals surface area contributed by atoms with Crippen LogP contribution in [0.5, 0.6) is 0 Å². The SMILES string of the molecule is CC[C@@H](NC(=O)CCNC(=O)c1ccccc1)C(=O)O. The van der Waals surface area contributed by atoms with Crippen LogP contribution in [0.2, 0.25) is 0 Å². The Morgan fingerprint density at radius 1 is 1.20 bits per heavy atom. The maximum absolute atomic E-state index is 11.7. The van der Waals surface area contributed by atoms with E-state index in [2.05, 4.69) is 10.6 Å². The summed E-state index contributed by atoms with van der Waals surface area (Å²) >= 11 is 0. The van der Waals surface area contributed by atoms with Gasteiger partial charge in [0, 0.05) is 18.5 Å². The molecule has 2 amide bonds. The molecule has 0 aromatic heterocycles. The van der Waals surface area contributed by atoms with Gasteiger partial charge in [0.05, 0.1) is 0 Å². The first-order valence-electron chi connectivity index (χ1n) is 6.40. The molecule has 1 atom stereocenters. The van der Waals surface area contributed by atoms with Crippen molar-refractivity contribution in [2.75, 3.05) is 6.54 Å². The average Bonchev–Trinajstić information content (AvgIpc) is 2.45. The topological polar surface area (TPSA) is 95.5 Å². The van der Waals surface area contributed by atoms with Crippen molar-refractivity contribution in [1.82, 2.24) is 10.6 Å². The van der Waals surface area contributed by atoms with Gasteiger partial charge in [-0.2, -0.15) is 0 Å². The number of carbonyl (C=O) groups excluding carboxylic acids is 2. The number of hydrogen-bond donors (Lipinski definition) is 3. The van der Waals surface area contributed by atoms with Gasteiger partial charge in [0.15, 0.2) is 0 Å². The van der Waals surface area contributed by atoms with Gasteiger partial charge in [-0.25, -0.2) is 4.79 Å². The molecule has 0 aliphatic heterocycles. The summed E-state index contributed by atoms with van der Waals surface area (Å²) in [7, 11) is 0. The molecule has 20 heavy (non-hydrogen) atoms. The minimum Gasteiger partial charge on any atom is -0.480 e. The standard InChI is InChI=1S/C14H18N2O4/c1-2-11(14(19)20)16-12(17)8-9-15-13(18)10-6-4-3-5-7-10/h3-7,11H,2,8-9H2,1H3,(H,15,18)(H,16,17)(H,19,20)/t11-/m1/s1. The van der Waals surface area contributed by atoms with Gasteiger partial charge in [-0.1, -0.05) is 25.1 Å². The van der Waals surface area contributed by atoms with Crippen LogP contribution in [-0.4, -0.2) is 35.5 Å². The van der Waals surface area contributed by atoms with Crippen molar-refractivity contribution >= 4 is 17.8 Å². The molecule has 0 heterocycles. The minimum absolute atomic E-state index is 0.0440. The van der Waals surface area contributed by atoms with E-state index in [1.54, 1.807) is 37.3 Å². The molecule has 0 radical (unpaired) electrons. The van der Waals surface area contributed by atoms with Gasteiger partial charge in [-0.3, -0.25) is 9.59 Å². The Balaban J connectivity index is 2.32. The summed E-state index contributed by atoms with van der Waals surface area (Å²) in [5, 5.41) is 13.8. The summed E-state index contributed by atoms with van der Waals surface area (Å²) in [5.41, 5.74) is 0.518. The Hall–Kier alpha value is -2.37. The molecule has 6 heteroatoms. The van der Waals surface area contributed by atoms with Crippen LogP contribution >= 0.6 is 0 Å². The molecule has 0 bridgehead atoms. The second-order valence-electron chi connectivity index (χ2n) is 4.24. The highest BCUT2D eigenvalue weighted by molar-refractivity contribution is 5.94. The van der Waals surface area contributed by atoms with E-state index in [1.165, 1.54) is 0 Å². The highest BCUT2D eigenvalue weighted by Crippen LogP contribution is 1.98. The predicted octanol–water partition coefficient (Wildman–Crippen LogP) is 0.786. The Bertz CT molecular complexity index is 473. The molecule has 0 unspecified atom stereocenters. The zero-order valence-corrected chi connectivity index (χ0v) is 11.3. The van der Waals surface area contributed by atoms with Gasteiger partial charge in [0.2, 0.25) is 5.91 Å². The molecule has 0 aliphatic rings. The first kappa shape index (κ1) is 15.7. The van der Waals surface area contributed by atoms with E-state index in [1.807, 2.05) is 0 Å². The third kappa shape index (κ3) is 5.09. The van der Waals surface area contributed by atoms with Crippen molar-refractivity contribution in [3.63, 3.8) is 0 Å². The summed E-state index contributed by atoms with van der Waals surface area (Å²) in [5.74, 6) is -1.72. The van der Waals surface area contributed by atoms with Crippen LogP contribution in [0.4, 0.5) is 0 Å². The van der Waals surface area contributed by atoms with Gasteiger partial charge < -0.3 is 15.7 Å². The Kier molecular flexibility index (Phi) is 6.22. The summed E-state index contributed by atoms with van der Waals surface area (Å²) < 4.78 is 0. The van der Waals surface area contributed by atoms with Crippen LogP contribution in [0, 0.1) is 0 Å². The molecule has 1 aromatic carbocycles. The lowest BCUT2D eigenvalue weighted by Crippen LogP contribution is -2.41. The molecule has 108 valence electrons. The maximum atomic E-state index is 11.7. The van der Waals surface area contributed by atoms with Crippen molar-refractivity contribution in [3.05, 3.63) is 35.9 Å². The smallest absolute Gasteiger partial charge is 0.326 e. The molecular weight excluding hydrogens is 260 g/mol. The van der Waals surface area contributed by atoms with Crippen LogP contribution < -0.4 is 10.6 Å². The molecule has 6 nitrogen and oxygen atoms in total. The van der Waals surface area contributed by atoms with Gasteiger partial charge >= 0.3 is 5.97 Å². The number of carbonyl (C=O) groups is 3. The van der Waals surface area contributed by atoms with Crippen molar-refractivity contribution in [1.29, 1.82) is 0 Å². The number of rotatable bonds is 7. The van der Waals surface area contributed by atoms with Gasteiger partial charge in [0.25, 0.3) is 5.91 Å². The van der Waals surface area contributed by atoms with Crippen molar-refractivity contribution in [2.24, 2.45) is 0 Å². The summed E-state index contributed by atoms with van der Waals surface area (Å²) in [6.07, 6.45) is 0.361. The van der Waals surface area contributed by atoms with E-state index in [4.69, 9.17) is 5.11 Å². The van der Waals surface area contributed by atoms with Crippen molar-refractivity contribution in [3.8, 4) is 0 Å². The Morgan fingerprint density at radius 3 is 2.40 bits per heavy atom. The van der Waals surface area contributed by atoms with Crippen LogP contribution in [0.15, 0.2) is 30.3 Å². The van der Waals surface area contributed by atoms with E-state index in [0.29, 0.717) is 12.0 Å². The third-order valence-corrected chi connectivity index (χ3v) is 2.72. The van der Waals surface area contributed by atoms with Crippen LogP contribution in [0.3, 0.4) is 0 Å². The fourth-order valence-corrected chi connectivity index (χ4v) is 1.59. The Labute approximate surface area is 117 Å². The lowest BCUT2D eigenvalue weighted by Gasteiger charge is -2.12. The molecule has 1 rings (SSSR count). The molecule has 0 aliphatic carbocycles. The van der Waals surface area contributed by atoms with E-state index in [9.17, 15) is 14.4 Å². The van der Waals surface area contributed by atoms with Gasteiger partial charge in [0.1, 0.15) is 6.04 Å². The highest BCUT2D eigenvalue weighted by Gasteiger charge is 2.17. The number of benzene rings is 1. The number of aliphatic carboxylic acids is 1. The van der Waals surface area contributed by atoms with Gasteiger partial charge in [-0.05, 0) is 18.6 Å². The fraction of sp³-hybridized carbons (Fsp3) is 0.357. The minimum atomic E-state index is -1.06. The lowest BCUT2D eigenvalue weighted by atomic mass is 10.2. The molecule has 3 N–H and O–H groups in total. The predicted molar refractivity (Wildman–Crippen MR) is 73.2 cm³/mol. The highest BCUT2D eigenvalue weighted by atomic mass is 16.4. The zero-order valence-electron chi connectivity index (χ0n) is 11.3. The fourth-order valence-electron chi connectivity index (χ4n) is 1.59. The molecule has 0 fully saturated rings. The van der Waals surface area contributed by atoms with Crippen LogP contribution in [0.25, 0.3) is 0 Å². The van der Waals surface area contributed by atoms with E-state index in [-0.39, 0.29) is 18.9 Å². The van der Waals surface area contributed by atoms with Crippen molar-refractivity contribution in [2.45, 2.75) is 25.8 Å². The first-order valence-corrected chi connectivity index (χ1v) is 6.40. The third-order valence-electron chi connectivity index (χ3n) is 2.72. The van der Waals surface area contributed by atoms with Gasteiger partial charge in [-0.15, -0.1) is 0 Å². The number of hydrogen-bond acceptors (Lipinski definition) is 3. The number of carboxylic acids is 1. The number of amides is 2. The number of carboxylic acid groups (broad SMARTS) is 1. The quantitative estimate of drug-likeness (QED) is 0.687. The van der Waals surface area contributed by atoms with E-state index < -0.39 is 17.9 Å². The maximum Gasteiger partial charge on any atom is 0.326 e. The summed E-state index contributed by atoms with van der Waals surface area (Å²) in [4.78, 5) is 33.9. The second-order valence-corrected chi connectivity index (χ2v) is 4.24. The zero-order chi connectivity index (χ0) is 15.0. The largest absolute Gasteiger partial charge is 0.480 e. The lowest BCUT2D eigenvalue weighted by molar-refractivity contribution is -0.141. The van der Waals surface area contributed by atoms with E-state index >= 15 is 0 Å². The second kappa shape index (κ2) is 7.93. The average molecular weight is 278 g/mol. The molecule has 1 aromatic rings. The van der Waals surface area contributed by atoms with E-state index in [0.717, 1.165) is 0 Å². The summed E-state index contributed by atoms with van der Waals surface area (Å²) in [6, 6.07) is 7.77. The van der Waals surface area contributed by atoms with Crippen LogP contribution in [-0.2, 0) is 9.59 Å². The molecule has 0 spiro atoms. The monoisotopic (exact) mass is 278 g/mol. The molecular formula is C14H18N2O4. The normalized spacial score (nSPS) is 11.4. The van der Waals surface area contributed by atoms with Crippen molar-refractivity contribution < 1.29 is 19.5 Å².